The fraction of sp³-hybridized carbons (Fsp3) is 0.867. The van der Waals surface area contributed by atoms with Crippen molar-refractivity contribution >= 4 is 11.8 Å². The van der Waals surface area contributed by atoms with Gasteiger partial charge in [0.05, 0.1) is 0 Å². The lowest BCUT2D eigenvalue weighted by Gasteiger charge is -2.34. The molecule has 0 aromatic carbocycles. The van der Waals surface area contributed by atoms with Crippen LogP contribution in [0.4, 0.5) is 0 Å². The highest BCUT2D eigenvalue weighted by atomic mass is 16.2. The highest BCUT2D eigenvalue weighted by molar-refractivity contribution is 5.88. The molecule has 1 aliphatic rings. The average Bonchev–Trinajstić information content (AvgIpc) is 2.41. The summed E-state index contributed by atoms with van der Waals surface area (Å²) in [6.07, 6.45) is 4.19. The molecule has 1 fully saturated rings. The molecule has 5 nitrogen and oxygen atoms in total. The molecule has 20 heavy (non-hydrogen) atoms. The number of hydrogen-bond donors (Lipinski definition) is 2. The van der Waals surface area contributed by atoms with Crippen molar-refractivity contribution in [3.8, 4) is 0 Å². The van der Waals surface area contributed by atoms with Crippen LogP contribution in [0.25, 0.3) is 0 Å². The molecule has 0 aromatic heterocycles. The highest BCUT2D eigenvalue weighted by Gasteiger charge is 2.31. The molecule has 0 aromatic rings. The van der Waals surface area contributed by atoms with E-state index < -0.39 is 0 Å². The van der Waals surface area contributed by atoms with E-state index >= 15 is 0 Å². The van der Waals surface area contributed by atoms with Gasteiger partial charge < -0.3 is 15.5 Å². The molecule has 1 aliphatic heterocycles. The summed E-state index contributed by atoms with van der Waals surface area (Å²) in [5.41, 5.74) is 0. The molecule has 0 spiro atoms. The van der Waals surface area contributed by atoms with Crippen LogP contribution in [0.2, 0.25) is 0 Å². The Balaban J connectivity index is 2.57. The maximum Gasteiger partial charge on any atom is 0.242 e. The molecule has 0 bridgehead atoms. The van der Waals surface area contributed by atoms with Gasteiger partial charge in [0.2, 0.25) is 11.8 Å². The first kappa shape index (κ1) is 17.0. The van der Waals surface area contributed by atoms with Crippen molar-refractivity contribution in [1.82, 2.24) is 15.5 Å². The Morgan fingerprint density at radius 3 is 2.65 bits per heavy atom. The van der Waals surface area contributed by atoms with Gasteiger partial charge in [-0.3, -0.25) is 9.59 Å². The molecule has 1 unspecified atom stereocenters. The highest BCUT2D eigenvalue weighted by Crippen LogP contribution is 2.19. The number of nitrogens with one attached hydrogen (secondary N) is 2. The Morgan fingerprint density at radius 2 is 2.05 bits per heavy atom. The van der Waals surface area contributed by atoms with Gasteiger partial charge >= 0.3 is 0 Å². The number of carbonyl (C=O) groups is 2. The Bertz CT molecular complexity index is 318. The third-order valence-corrected chi connectivity index (χ3v) is 3.64. The molecule has 0 saturated carbocycles. The monoisotopic (exact) mass is 283 g/mol. The number of likely N-dealkylation sites (tertiary alicyclic amines) is 1. The summed E-state index contributed by atoms with van der Waals surface area (Å²) in [5, 5.41) is 6.03. The predicted molar refractivity (Wildman–Crippen MR) is 80.4 cm³/mol. The molecule has 1 atom stereocenters. The van der Waals surface area contributed by atoms with E-state index in [1.807, 2.05) is 7.05 Å². The summed E-state index contributed by atoms with van der Waals surface area (Å²) in [4.78, 5) is 26.2. The van der Waals surface area contributed by atoms with E-state index in [1.54, 1.807) is 4.90 Å². The Hall–Kier alpha value is -1.10. The van der Waals surface area contributed by atoms with Crippen LogP contribution in [0.1, 0.15) is 46.0 Å². The van der Waals surface area contributed by atoms with Gasteiger partial charge in [0.25, 0.3) is 0 Å². The van der Waals surface area contributed by atoms with Crippen molar-refractivity contribution in [2.45, 2.75) is 52.0 Å². The van der Waals surface area contributed by atoms with Crippen LogP contribution in [0.5, 0.6) is 0 Å². The third kappa shape index (κ3) is 5.49. The lowest BCUT2D eigenvalue weighted by Crippen LogP contribution is -2.52. The average molecular weight is 283 g/mol. The summed E-state index contributed by atoms with van der Waals surface area (Å²) < 4.78 is 0. The van der Waals surface area contributed by atoms with Gasteiger partial charge in [-0.2, -0.15) is 0 Å². The van der Waals surface area contributed by atoms with Crippen molar-refractivity contribution in [2.75, 3.05) is 26.7 Å². The molecule has 2 N–H and O–H groups in total. The number of hydrogen-bond acceptors (Lipinski definition) is 3. The smallest absolute Gasteiger partial charge is 0.242 e. The second-order valence-electron chi connectivity index (χ2n) is 5.94. The quantitative estimate of drug-likeness (QED) is 0.657. The number of nitrogens with zero attached hydrogens (tertiary/aromatic N) is 1. The molecule has 5 heteroatoms. The molecule has 1 heterocycles. The van der Waals surface area contributed by atoms with E-state index in [-0.39, 0.29) is 17.9 Å². The van der Waals surface area contributed by atoms with Crippen molar-refractivity contribution < 1.29 is 9.59 Å². The number of carbonyl (C=O) groups excluding carboxylic acids is 2. The van der Waals surface area contributed by atoms with Gasteiger partial charge in [0.1, 0.15) is 6.04 Å². The van der Waals surface area contributed by atoms with Crippen molar-refractivity contribution in [3.63, 3.8) is 0 Å². The van der Waals surface area contributed by atoms with Crippen LogP contribution < -0.4 is 10.6 Å². The summed E-state index contributed by atoms with van der Waals surface area (Å²) in [6.45, 7) is 6.46. The summed E-state index contributed by atoms with van der Waals surface area (Å²) in [7, 11) is 1.90. The molecular weight excluding hydrogens is 254 g/mol. The maximum atomic E-state index is 12.4. The van der Waals surface area contributed by atoms with E-state index in [9.17, 15) is 9.59 Å². The zero-order chi connectivity index (χ0) is 15.0. The molecule has 2 amide bonds. The van der Waals surface area contributed by atoms with E-state index in [0.717, 1.165) is 38.8 Å². The zero-order valence-electron chi connectivity index (χ0n) is 13.1. The Morgan fingerprint density at radius 1 is 1.30 bits per heavy atom. The number of amides is 2. The summed E-state index contributed by atoms with van der Waals surface area (Å²) >= 11 is 0. The molecule has 0 aliphatic carbocycles. The topological polar surface area (TPSA) is 61.4 Å². The lowest BCUT2D eigenvalue weighted by molar-refractivity contribution is -0.143. The van der Waals surface area contributed by atoms with Crippen LogP contribution in [0.15, 0.2) is 0 Å². The number of rotatable bonds is 8. The van der Waals surface area contributed by atoms with Crippen molar-refractivity contribution in [3.05, 3.63) is 0 Å². The Labute approximate surface area is 122 Å². The minimum Gasteiger partial charge on any atom is -0.354 e. The van der Waals surface area contributed by atoms with Crippen LogP contribution >= 0.6 is 0 Å². The van der Waals surface area contributed by atoms with Crippen molar-refractivity contribution in [2.24, 2.45) is 5.92 Å². The van der Waals surface area contributed by atoms with Gasteiger partial charge in [-0.05, 0) is 45.2 Å². The minimum absolute atomic E-state index is 0.00468. The lowest BCUT2D eigenvalue weighted by atomic mass is 9.98. The van der Waals surface area contributed by atoms with Crippen LogP contribution in [-0.4, -0.2) is 49.4 Å². The zero-order valence-corrected chi connectivity index (χ0v) is 13.1. The van der Waals surface area contributed by atoms with Crippen LogP contribution in [-0.2, 0) is 9.59 Å². The SMILES string of the molecule is CNCCCNC(=O)C(CC(C)C)N1CCCCC1=O. The predicted octanol–water partition coefficient (Wildman–Crippen LogP) is 1.14. The van der Waals surface area contributed by atoms with Gasteiger partial charge in [-0.25, -0.2) is 0 Å². The Kier molecular flexibility index (Phi) is 7.59. The van der Waals surface area contributed by atoms with Gasteiger partial charge in [0.15, 0.2) is 0 Å². The van der Waals surface area contributed by atoms with Crippen molar-refractivity contribution in [1.29, 1.82) is 0 Å². The minimum atomic E-state index is -0.294. The number of piperidine rings is 1. The third-order valence-electron chi connectivity index (χ3n) is 3.64. The fourth-order valence-corrected chi connectivity index (χ4v) is 2.57. The largest absolute Gasteiger partial charge is 0.354 e. The van der Waals surface area contributed by atoms with Crippen LogP contribution in [0.3, 0.4) is 0 Å². The first-order valence-electron chi connectivity index (χ1n) is 7.78. The van der Waals surface area contributed by atoms with Gasteiger partial charge in [-0.1, -0.05) is 13.8 Å². The molecule has 1 saturated heterocycles. The standard InChI is InChI=1S/C15H29N3O2/c1-12(2)11-13(15(20)17-9-6-8-16-3)18-10-5-4-7-14(18)19/h12-13,16H,4-11H2,1-3H3,(H,17,20). The summed E-state index contributed by atoms with van der Waals surface area (Å²) in [6, 6.07) is -0.294. The normalized spacial score (nSPS) is 17.4. The molecule has 116 valence electrons. The first-order valence-corrected chi connectivity index (χ1v) is 7.78. The van der Waals surface area contributed by atoms with E-state index in [4.69, 9.17) is 0 Å². The maximum absolute atomic E-state index is 12.4. The summed E-state index contributed by atoms with van der Waals surface area (Å²) in [5.74, 6) is 0.537. The second kappa shape index (κ2) is 8.95. The molecule has 0 radical (unpaired) electrons. The van der Waals surface area contributed by atoms with E-state index in [2.05, 4.69) is 24.5 Å². The second-order valence-corrected chi connectivity index (χ2v) is 5.94. The molecule has 1 rings (SSSR count). The van der Waals surface area contributed by atoms with Gasteiger partial charge in [0, 0.05) is 19.5 Å². The first-order chi connectivity index (χ1) is 9.56. The van der Waals surface area contributed by atoms with Gasteiger partial charge in [-0.15, -0.1) is 0 Å². The van der Waals surface area contributed by atoms with E-state index in [0.29, 0.717) is 18.9 Å². The van der Waals surface area contributed by atoms with Crippen LogP contribution in [0, 0.1) is 5.92 Å². The van der Waals surface area contributed by atoms with E-state index in [1.165, 1.54) is 0 Å². The molecular formula is C15H29N3O2. The fourth-order valence-electron chi connectivity index (χ4n) is 2.57.